The van der Waals surface area contributed by atoms with Crippen molar-refractivity contribution in [2.45, 2.75) is 55.3 Å². The summed E-state index contributed by atoms with van der Waals surface area (Å²) in [5, 5.41) is 21.9. The molecule has 2 heterocycles. The quantitative estimate of drug-likeness (QED) is 0.471. The lowest BCUT2D eigenvalue weighted by atomic mass is 9.30. The summed E-state index contributed by atoms with van der Waals surface area (Å²) in [7, 11) is 0. The maximum atomic E-state index is 16.3. The third-order valence-corrected chi connectivity index (χ3v) is 8.03. The molecule has 11 heteroatoms. The zero-order valence-electron chi connectivity index (χ0n) is 19.2. The Balaban J connectivity index is 1.25. The lowest BCUT2D eigenvalue weighted by Crippen LogP contribution is -2.76. The number of tetrazole rings is 1. The van der Waals surface area contributed by atoms with E-state index in [9.17, 15) is 13.9 Å². The standard InChI is InChI=1S/C25H24F4N4O3/c26-17-3-6-20(21(27)9-17)24(34,14-33-15-30-31-32-33)25(28,29)23-11-22(12-23,13-23)16-1-4-18(5-2-16)36-19-7-8-35-10-19/h1-6,9,15,19,34H,7-8,10-14H2/t19-,22?,23?,24+/m1/s1. The Bertz CT molecular complexity index is 1250. The SMILES string of the molecule is O[C@@](Cn1cnnn1)(c1ccc(F)cc1F)C(F)(F)C12CC(c3ccc(O[C@@H]4CCOC4)cc3)(C1)C2. The van der Waals surface area contributed by atoms with Crippen molar-refractivity contribution in [1.29, 1.82) is 0 Å². The minimum atomic E-state index is -3.75. The molecule has 1 aliphatic heterocycles. The lowest BCUT2D eigenvalue weighted by Gasteiger charge is -2.74. The highest BCUT2D eigenvalue weighted by atomic mass is 19.3. The van der Waals surface area contributed by atoms with E-state index in [4.69, 9.17) is 9.47 Å². The molecule has 3 aliphatic carbocycles. The molecule has 0 radical (unpaired) electrons. The number of hydrogen-bond acceptors (Lipinski definition) is 6. The first kappa shape index (κ1) is 23.4. The second-order valence-electron chi connectivity index (χ2n) is 10.3. The predicted octanol–water partition coefficient (Wildman–Crippen LogP) is 3.76. The topological polar surface area (TPSA) is 82.3 Å². The van der Waals surface area contributed by atoms with E-state index in [0.717, 1.165) is 35.1 Å². The van der Waals surface area contributed by atoms with Gasteiger partial charge in [-0.3, -0.25) is 0 Å². The van der Waals surface area contributed by atoms with E-state index in [0.29, 0.717) is 25.0 Å². The molecule has 0 unspecified atom stereocenters. The Labute approximate surface area is 204 Å². The second kappa shape index (κ2) is 7.97. The van der Waals surface area contributed by atoms with Crippen LogP contribution in [0.25, 0.3) is 0 Å². The molecule has 3 aromatic rings. The van der Waals surface area contributed by atoms with E-state index >= 15 is 8.78 Å². The summed E-state index contributed by atoms with van der Waals surface area (Å²) in [6, 6.07) is 9.64. The predicted molar refractivity (Wildman–Crippen MR) is 117 cm³/mol. The van der Waals surface area contributed by atoms with Gasteiger partial charge in [0.1, 0.15) is 29.8 Å². The highest BCUT2D eigenvalue weighted by Gasteiger charge is 2.82. The van der Waals surface area contributed by atoms with Gasteiger partial charge in [-0.05, 0) is 64.9 Å². The van der Waals surface area contributed by atoms with Gasteiger partial charge in [0, 0.05) is 23.5 Å². The fraction of sp³-hybridized carbons (Fsp3) is 0.480. The highest BCUT2D eigenvalue weighted by Crippen LogP contribution is 2.80. The summed E-state index contributed by atoms with van der Waals surface area (Å²) in [4.78, 5) is 0. The van der Waals surface area contributed by atoms with Gasteiger partial charge in [-0.1, -0.05) is 12.1 Å². The summed E-state index contributed by atoms with van der Waals surface area (Å²) in [6.07, 6.45) is 2.29. The van der Waals surface area contributed by atoms with Crippen molar-refractivity contribution in [3.8, 4) is 5.75 Å². The lowest BCUT2D eigenvalue weighted by molar-refractivity contribution is -0.347. The number of rotatable bonds is 8. The van der Waals surface area contributed by atoms with Crippen molar-refractivity contribution < 1.29 is 32.1 Å². The van der Waals surface area contributed by atoms with Gasteiger partial charge >= 0.3 is 0 Å². The Morgan fingerprint density at radius 1 is 1.11 bits per heavy atom. The molecular formula is C25H24F4N4O3. The van der Waals surface area contributed by atoms with Crippen LogP contribution in [-0.4, -0.2) is 50.6 Å². The monoisotopic (exact) mass is 504 g/mol. The summed E-state index contributed by atoms with van der Waals surface area (Å²) < 4.78 is 72.9. The largest absolute Gasteiger partial charge is 0.488 e. The molecule has 0 spiro atoms. The average molecular weight is 504 g/mol. The Hall–Kier alpha value is -3.05. The summed E-state index contributed by atoms with van der Waals surface area (Å²) >= 11 is 0. The van der Waals surface area contributed by atoms with E-state index < -0.39 is 46.1 Å². The second-order valence-corrected chi connectivity index (χ2v) is 10.3. The first-order chi connectivity index (χ1) is 17.2. The molecular weight excluding hydrogens is 480 g/mol. The number of halogens is 4. The Morgan fingerprint density at radius 3 is 2.47 bits per heavy atom. The normalized spacial score (nSPS) is 28.8. The first-order valence-electron chi connectivity index (χ1n) is 11.8. The van der Waals surface area contributed by atoms with Crippen LogP contribution in [0.2, 0.25) is 0 Å². The van der Waals surface area contributed by atoms with Gasteiger partial charge in [-0.15, -0.1) is 5.10 Å². The van der Waals surface area contributed by atoms with E-state index in [1.54, 1.807) is 0 Å². The summed E-state index contributed by atoms with van der Waals surface area (Å²) in [5.41, 5.74) is -4.73. The number of ether oxygens (including phenoxy) is 2. The molecule has 4 fully saturated rings. The number of aromatic nitrogens is 4. The third kappa shape index (κ3) is 3.36. The van der Waals surface area contributed by atoms with E-state index in [-0.39, 0.29) is 25.4 Å². The van der Waals surface area contributed by atoms with Crippen molar-refractivity contribution in [3.63, 3.8) is 0 Å². The molecule has 1 aromatic heterocycles. The smallest absolute Gasteiger partial charge is 0.287 e. The van der Waals surface area contributed by atoms with Crippen LogP contribution in [0.1, 0.15) is 36.8 Å². The van der Waals surface area contributed by atoms with Gasteiger partial charge < -0.3 is 14.6 Å². The van der Waals surface area contributed by atoms with E-state index in [2.05, 4.69) is 15.5 Å². The molecule has 7 rings (SSSR count). The third-order valence-electron chi connectivity index (χ3n) is 8.03. The van der Waals surface area contributed by atoms with Gasteiger partial charge in [0.25, 0.3) is 5.92 Å². The van der Waals surface area contributed by atoms with Gasteiger partial charge in [-0.2, -0.15) is 0 Å². The van der Waals surface area contributed by atoms with Gasteiger partial charge in [-0.25, -0.2) is 22.2 Å². The minimum absolute atomic E-state index is 0.0116. The van der Waals surface area contributed by atoms with Crippen LogP contribution < -0.4 is 4.74 Å². The fourth-order valence-corrected chi connectivity index (χ4v) is 6.22. The van der Waals surface area contributed by atoms with Crippen LogP contribution in [0.15, 0.2) is 48.8 Å². The molecule has 2 bridgehead atoms. The molecule has 0 amide bonds. The maximum absolute atomic E-state index is 16.3. The van der Waals surface area contributed by atoms with Crippen LogP contribution in [-0.2, 0) is 22.3 Å². The number of nitrogens with zero attached hydrogens (tertiary/aromatic N) is 4. The Kier molecular flexibility index (Phi) is 5.17. The average Bonchev–Trinajstić information content (AvgIpc) is 3.47. The number of aliphatic hydroxyl groups is 1. The van der Waals surface area contributed by atoms with Crippen LogP contribution in [0.3, 0.4) is 0 Å². The summed E-state index contributed by atoms with van der Waals surface area (Å²) in [5.74, 6) is -5.24. The van der Waals surface area contributed by atoms with Crippen LogP contribution in [0.5, 0.6) is 5.75 Å². The molecule has 1 saturated heterocycles. The molecule has 1 N–H and O–H groups in total. The van der Waals surface area contributed by atoms with E-state index in [1.807, 2.05) is 24.3 Å². The number of benzene rings is 2. The molecule has 2 aromatic carbocycles. The minimum Gasteiger partial charge on any atom is -0.488 e. The molecule has 36 heavy (non-hydrogen) atoms. The number of hydrogen-bond donors (Lipinski definition) is 1. The van der Waals surface area contributed by atoms with Crippen molar-refractivity contribution >= 4 is 0 Å². The van der Waals surface area contributed by atoms with Crippen molar-refractivity contribution in [2.75, 3.05) is 13.2 Å². The molecule has 2 atom stereocenters. The van der Waals surface area contributed by atoms with Crippen LogP contribution >= 0.6 is 0 Å². The Morgan fingerprint density at radius 2 is 1.86 bits per heavy atom. The van der Waals surface area contributed by atoms with Crippen LogP contribution in [0, 0.1) is 17.0 Å². The zero-order chi connectivity index (χ0) is 25.2. The molecule has 7 nitrogen and oxygen atoms in total. The maximum Gasteiger partial charge on any atom is 0.287 e. The summed E-state index contributed by atoms with van der Waals surface area (Å²) in [6.45, 7) is 0.427. The molecule has 190 valence electrons. The zero-order valence-corrected chi connectivity index (χ0v) is 19.2. The number of alkyl halides is 2. The van der Waals surface area contributed by atoms with Gasteiger partial charge in [0.05, 0.1) is 19.8 Å². The highest BCUT2D eigenvalue weighted by molar-refractivity contribution is 5.44. The van der Waals surface area contributed by atoms with Crippen molar-refractivity contribution in [3.05, 3.63) is 71.6 Å². The molecule has 4 aliphatic rings. The molecule has 3 saturated carbocycles. The van der Waals surface area contributed by atoms with Gasteiger partial charge in [0.15, 0.2) is 5.60 Å². The van der Waals surface area contributed by atoms with Crippen molar-refractivity contribution in [2.24, 2.45) is 5.41 Å². The van der Waals surface area contributed by atoms with Crippen LogP contribution in [0.4, 0.5) is 17.6 Å². The van der Waals surface area contributed by atoms with E-state index in [1.165, 1.54) is 0 Å². The van der Waals surface area contributed by atoms with Gasteiger partial charge in [0.2, 0.25) is 0 Å². The fourth-order valence-electron chi connectivity index (χ4n) is 6.22. The first-order valence-corrected chi connectivity index (χ1v) is 11.8. The van der Waals surface area contributed by atoms with Crippen molar-refractivity contribution in [1.82, 2.24) is 20.2 Å².